The van der Waals surface area contributed by atoms with Gasteiger partial charge in [0.25, 0.3) is 0 Å². The van der Waals surface area contributed by atoms with Crippen LogP contribution in [0.2, 0.25) is 0 Å². The normalized spacial score (nSPS) is 14.0. The van der Waals surface area contributed by atoms with E-state index in [9.17, 15) is 9.90 Å². The summed E-state index contributed by atoms with van der Waals surface area (Å²) in [6.45, 7) is 3.54. The first kappa shape index (κ1) is 20.9. The SMILES string of the molecule is CCOC(Cc1ccc(OCCN2c3sccc3CCc3ccsc32)cc1)C(=O)O. The molecule has 1 unspecified atom stereocenters. The van der Waals surface area contributed by atoms with E-state index in [-0.39, 0.29) is 0 Å². The molecule has 4 rings (SSSR count). The second-order valence-electron chi connectivity index (χ2n) is 7.13. The predicted octanol–water partition coefficient (Wildman–Crippen LogP) is 5.16. The van der Waals surface area contributed by atoms with Crippen molar-refractivity contribution in [2.75, 3.05) is 24.7 Å². The molecule has 1 aliphatic heterocycles. The monoisotopic (exact) mass is 443 g/mol. The van der Waals surface area contributed by atoms with Crippen LogP contribution in [0.15, 0.2) is 47.2 Å². The lowest BCUT2D eigenvalue weighted by Gasteiger charge is -2.23. The van der Waals surface area contributed by atoms with E-state index in [0.29, 0.717) is 19.6 Å². The Bertz CT molecular complexity index is 937. The maximum atomic E-state index is 11.3. The van der Waals surface area contributed by atoms with Crippen molar-refractivity contribution in [3.63, 3.8) is 0 Å². The number of hydrogen-bond donors (Lipinski definition) is 1. The molecule has 0 radical (unpaired) electrons. The van der Waals surface area contributed by atoms with Crippen molar-refractivity contribution in [2.24, 2.45) is 0 Å². The fraction of sp³-hybridized carbons (Fsp3) is 0.348. The van der Waals surface area contributed by atoms with E-state index >= 15 is 0 Å². The summed E-state index contributed by atoms with van der Waals surface area (Å²) in [5, 5.41) is 16.2. The fourth-order valence-corrected chi connectivity index (χ4v) is 5.73. The highest BCUT2D eigenvalue weighted by molar-refractivity contribution is 7.16. The van der Waals surface area contributed by atoms with Gasteiger partial charge in [-0.3, -0.25) is 0 Å². The van der Waals surface area contributed by atoms with Crippen LogP contribution in [-0.4, -0.2) is 36.9 Å². The lowest BCUT2D eigenvalue weighted by Crippen LogP contribution is -2.26. The maximum absolute atomic E-state index is 11.3. The third-order valence-corrected chi connectivity index (χ3v) is 7.13. The molecule has 158 valence electrons. The van der Waals surface area contributed by atoms with Crippen LogP contribution >= 0.6 is 22.7 Å². The molecule has 1 atom stereocenters. The van der Waals surface area contributed by atoms with Gasteiger partial charge < -0.3 is 19.5 Å². The number of anilines is 2. The second-order valence-corrected chi connectivity index (χ2v) is 8.92. The zero-order chi connectivity index (χ0) is 20.9. The third-order valence-electron chi connectivity index (χ3n) is 5.17. The van der Waals surface area contributed by atoms with Crippen LogP contribution < -0.4 is 9.64 Å². The molecule has 5 nitrogen and oxygen atoms in total. The lowest BCUT2D eigenvalue weighted by molar-refractivity contribution is -0.149. The number of fused-ring (bicyclic) bond motifs is 2. The molecule has 30 heavy (non-hydrogen) atoms. The van der Waals surface area contributed by atoms with Gasteiger partial charge in [0.05, 0.1) is 16.5 Å². The number of benzene rings is 1. The fourth-order valence-electron chi connectivity index (χ4n) is 3.68. The van der Waals surface area contributed by atoms with Crippen LogP contribution in [-0.2, 0) is 28.8 Å². The van der Waals surface area contributed by atoms with Gasteiger partial charge in [0.15, 0.2) is 6.10 Å². The Hall–Kier alpha value is -2.35. The number of aryl methyl sites for hydroxylation is 2. The zero-order valence-corrected chi connectivity index (χ0v) is 18.5. The number of carbonyl (C=O) groups is 1. The summed E-state index contributed by atoms with van der Waals surface area (Å²) in [6, 6.07) is 12.1. The number of rotatable bonds is 9. The predicted molar refractivity (Wildman–Crippen MR) is 122 cm³/mol. The molecule has 0 spiro atoms. The number of ether oxygens (including phenoxy) is 2. The van der Waals surface area contributed by atoms with Gasteiger partial charge >= 0.3 is 5.97 Å². The van der Waals surface area contributed by atoms with E-state index in [1.807, 2.05) is 24.3 Å². The van der Waals surface area contributed by atoms with E-state index in [0.717, 1.165) is 30.7 Å². The van der Waals surface area contributed by atoms with Crippen molar-refractivity contribution in [3.05, 3.63) is 63.8 Å². The van der Waals surface area contributed by atoms with Crippen molar-refractivity contribution in [1.29, 1.82) is 0 Å². The summed E-state index contributed by atoms with van der Waals surface area (Å²) < 4.78 is 11.3. The summed E-state index contributed by atoms with van der Waals surface area (Å²) in [7, 11) is 0. The van der Waals surface area contributed by atoms with E-state index in [2.05, 4.69) is 27.8 Å². The Morgan fingerprint density at radius 1 is 1.07 bits per heavy atom. The maximum Gasteiger partial charge on any atom is 0.333 e. The zero-order valence-electron chi connectivity index (χ0n) is 16.9. The summed E-state index contributed by atoms with van der Waals surface area (Å²) in [5.41, 5.74) is 3.74. The number of nitrogens with zero attached hydrogens (tertiary/aromatic N) is 1. The quantitative estimate of drug-likeness (QED) is 0.495. The molecule has 0 aliphatic carbocycles. The van der Waals surface area contributed by atoms with Crippen molar-refractivity contribution < 1.29 is 19.4 Å². The number of aliphatic carboxylic acids is 1. The van der Waals surface area contributed by atoms with Crippen molar-refractivity contribution in [3.8, 4) is 5.75 Å². The first-order chi connectivity index (χ1) is 14.7. The van der Waals surface area contributed by atoms with Crippen molar-refractivity contribution in [2.45, 2.75) is 32.3 Å². The first-order valence-electron chi connectivity index (χ1n) is 10.1. The highest BCUT2D eigenvalue weighted by Gasteiger charge is 2.23. The molecule has 0 amide bonds. The molecule has 0 bridgehead atoms. The molecule has 0 fully saturated rings. The van der Waals surface area contributed by atoms with Crippen molar-refractivity contribution >= 4 is 38.6 Å². The van der Waals surface area contributed by atoms with Crippen LogP contribution in [0, 0.1) is 0 Å². The van der Waals surface area contributed by atoms with E-state index < -0.39 is 12.1 Å². The molecule has 1 N–H and O–H groups in total. The summed E-state index contributed by atoms with van der Waals surface area (Å²) >= 11 is 3.58. The van der Waals surface area contributed by atoms with Gasteiger partial charge in [0, 0.05) is 13.0 Å². The molecule has 0 saturated carbocycles. The Balaban J connectivity index is 1.37. The van der Waals surface area contributed by atoms with Gasteiger partial charge in [-0.1, -0.05) is 12.1 Å². The smallest absolute Gasteiger partial charge is 0.333 e. The van der Waals surface area contributed by atoms with Crippen LogP contribution in [0.25, 0.3) is 0 Å². The largest absolute Gasteiger partial charge is 0.492 e. The van der Waals surface area contributed by atoms with Gasteiger partial charge in [-0.25, -0.2) is 4.79 Å². The topological polar surface area (TPSA) is 59.0 Å². The minimum atomic E-state index is -0.935. The average Bonchev–Trinajstić information content (AvgIpc) is 3.38. The lowest BCUT2D eigenvalue weighted by atomic mass is 10.1. The van der Waals surface area contributed by atoms with E-state index in [1.165, 1.54) is 21.1 Å². The first-order valence-corrected chi connectivity index (χ1v) is 11.9. The molecule has 3 aromatic rings. The Morgan fingerprint density at radius 3 is 2.27 bits per heavy atom. The van der Waals surface area contributed by atoms with E-state index in [1.54, 1.807) is 29.6 Å². The molecule has 3 heterocycles. The van der Waals surface area contributed by atoms with Gasteiger partial charge in [0.1, 0.15) is 12.4 Å². The summed E-state index contributed by atoms with van der Waals surface area (Å²) in [6.07, 6.45) is 1.70. The molecule has 0 saturated heterocycles. The van der Waals surface area contributed by atoms with Crippen LogP contribution in [0.4, 0.5) is 10.0 Å². The highest BCUT2D eigenvalue weighted by atomic mass is 32.1. The molecule has 7 heteroatoms. The Morgan fingerprint density at radius 2 is 1.70 bits per heavy atom. The third kappa shape index (κ3) is 4.69. The average molecular weight is 444 g/mol. The number of hydrogen-bond acceptors (Lipinski definition) is 6. The Kier molecular flexibility index (Phi) is 6.72. The van der Waals surface area contributed by atoms with Gasteiger partial charge in [-0.2, -0.15) is 0 Å². The minimum absolute atomic E-state index is 0.347. The molecule has 1 aromatic carbocycles. The number of thiophene rings is 2. The van der Waals surface area contributed by atoms with Crippen LogP contribution in [0.1, 0.15) is 23.6 Å². The molecule has 2 aromatic heterocycles. The highest BCUT2D eigenvalue weighted by Crippen LogP contribution is 2.42. The van der Waals surface area contributed by atoms with Crippen molar-refractivity contribution in [1.82, 2.24) is 0 Å². The molecular weight excluding hydrogens is 418 g/mol. The Labute approximate surface area is 184 Å². The van der Waals surface area contributed by atoms with Gasteiger partial charge in [-0.15, -0.1) is 22.7 Å². The van der Waals surface area contributed by atoms with E-state index in [4.69, 9.17) is 9.47 Å². The van der Waals surface area contributed by atoms with Crippen LogP contribution in [0.3, 0.4) is 0 Å². The summed E-state index contributed by atoms with van der Waals surface area (Å²) in [4.78, 5) is 13.7. The summed E-state index contributed by atoms with van der Waals surface area (Å²) in [5.74, 6) is -0.148. The second kappa shape index (κ2) is 9.64. The number of carboxylic acid groups (broad SMARTS) is 1. The van der Waals surface area contributed by atoms with Crippen LogP contribution in [0.5, 0.6) is 5.75 Å². The standard InChI is InChI=1S/C23H25NO4S2/c1-2-27-20(23(25)26)15-16-3-7-19(8-4-16)28-12-11-24-21-17(9-13-29-21)5-6-18-10-14-30-22(18)24/h3-4,7-10,13-14,20H,2,5-6,11-12,15H2,1H3,(H,25,26). The number of carboxylic acids is 1. The molecular formula is C23H25NO4S2. The molecule has 1 aliphatic rings. The minimum Gasteiger partial charge on any atom is -0.492 e. The van der Waals surface area contributed by atoms with Gasteiger partial charge in [-0.05, 0) is 71.5 Å². The van der Waals surface area contributed by atoms with Gasteiger partial charge in [0.2, 0.25) is 0 Å².